The van der Waals surface area contributed by atoms with Crippen LogP contribution in [0.4, 0.5) is 0 Å². The summed E-state index contributed by atoms with van der Waals surface area (Å²) in [5, 5.41) is 4.18. The lowest BCUT2D eigenvalue weighted by Crippen LogP contribution is -2.22. The molecule has 2 heterocycles. The van der Waals surface area contributed by atoms with Crippen molar-refractivity contribution in [3.8, 4) is 0 Å². The summed E-state index contributed by atoms with van der Waals surface area (Å²) in [6, 6.07) is 6.28. The maximum Gasteiger partial charge on any atom is 0.0572 e. The molecule has 0 saturated heterocycles. The molecule has 0 N–H and O–H groups in total. The van der Waals surface area contributed by atoms with Crippen molar-refractivity contribution in [3.05, 3.63) is 54.6 Å². The van der Waals surface area contributed by atoms with Gasteiger partial charge in [-0.1, -0.05) is 12.6 Å². The number of aromatic nitrogens is 3. The summed E-state index contributed by atoms with van der Waals surface area (Å²) in [6.07, 6.45) is 7.36. The second kappa shape index (κ2) is 5.60. The van der Waals surface area contributed by atoms with Crippen LogP contribution in [0.2, 0.25) is 0 Å². The van der Waals surface area contributed by atoms with Crippen molar-refractivity contribution in [1.82, 2.24) is 19.7 Å². The van der Waals surface area contributed by atoms with Crippen molar-refractivity contribution < 1.29 is 0 Å². The monoisotopic (exact) mass is 242 g/mol. The highest BCUT2D eigenvalue weighted by molar-refractivity contribution is 5.18. The van der Waals surface area contributed by atoms with E-state index in [1.54, 1.807) is 10.9 Å². The fourth-order valence-electron chi connectivity index (χ4n) is 1.83. The van der Waals surface area contributed by atoms with E-state index in [4.69, 9.17) is 0 Å². The molecule has 4 heteroatoms. The molecule has 2 aromatic heterocycles. The van der Waals surface area contributed by atoms with Crippen molar-refractivity contribution in [1.29, 1.82) is 0 Å². The molecule has 0 aromatic carbocycles. The molecule has 1 atom stereocenters. The molecule has 0 aliphatic carbocycles. The van der Waals surface area contributed by atoms with Gasteiger partial charge < -0.3 is 0 Å². The van der Waals surface area contributed by atoms with Crippen LogP contribution in [0.15, 0.2) is 43.4 Å². The van der Waals surface area contributed by atoms with Gasteiger partial charge in [0.05, 0.1) is 11.9 Å². The number of hydrogen-bond donors (Lipinski definition) is 0. The van der Waals surface area contributed by atoms with Crippen LogP contribution >= 0.6 is 0 Å². The molecule has 1 unspecified atom stereocenters. The van der Waals surface area contributed by atoms with E-state index in [1.807, 2.05) is 36.8 Å². The van der Waals surface area contributed by atoms with Gasteiger partial charge in [0, 0.05) is 36.7 Å². The minimum absolute atomic E-state index is 0.276. The maximum atomic E-state index is 4.38. The van der Waals surface area contributed by atoms with Gasteiger partial charge in [-0.2, -0.15) is 5.10 Å². The number of nitrogens with zero attached hydrogens (tertiary/aromatic N) is 4. The van der Waals surface area contributed by atoms with E-state index in [-0.39, 0.29) is 6.04 Å². The Kier molecular flexibility index (Phi) is 3.89. The van der Waals surface area contributed by atoms with Crippen molar-refractivity contribution in [2.24, 2.45) is 0 Å². The Morgan fingerprint density at radius 1 is 1.50 bits per heavy atom. The lowest BCUT2D eigenvalue weighted by molar-refractivity contribution is 0.248. The Labute approximate surface area is 108 Å². The van der Waals surface area contributed by atoms with Crippen LogP contribution in [0.3, 0.4) is 0 Å². The zero-order valence-electron chi connectivity index (χ0n) is 10.8. The lowest BCUT2D eigenvalue weighted by atomic mass is 10.2. The van der Waals surface area contributed by atoms with E-state index in [0.29, 0.717) is 0 Å². The minimum Gasteiger partial charge on any atom is -0.294 e. The number of pyridine rings is 1. The summed E-state index contributed by atoms with van der Waals surface area (Å²) in [5.41, 5.74) is 2.25. The second-order valence-corrected chi connectivity index (χ2v) is 4.36. The third kappa shape index (κ3) is 2.84. The zero-order chi connectivity index (χ0) is 13.0. The van der Waals surface area contributed by atoms with Gasteiger partial charge in [0.2, 0.25) is 0 Å². The van der Waals surface area contributed by atoms with Crippen LogP contribution in [-0.4, -0.2) is 26.7 Å². The first-order chi connectivity index (χ1) is 8.70. The van der Waals surface area contributed by atoms with Crippen LogP contribution in [0, 0.1) is 0 Å². The molecule has 0 saturated carbocycles. The Balaban J connectivity index is 2.03. The van der Waals surface area contributed by atoms with E-state index in [9.17, 15) is 0 Å². The van der Waals surface area contributed by atoms with Crippen LogP contribution in [0.5, 0.6) is 0 Å². The molecule has 0 amide bonds. The summed E-state index contributed by atoms with van der Waals surface area (Å²) in [6.45, 7) is 6.67. The summed E-state index contributed by atoms with van der Waals surface area (Å²) in [4.78, 5) is 6.63. The van der Waals surface area contributed by atoms with Gasteiger partial charge in [-0.05, 0) is 26.1 Å². The van der Waals surface area contributed by atoms with Gasteiger partial charge in [-0.25, -0.2) is 4.68 Å². The Bertz CT molecular complexity index is 504. The molecule has 0 spiro atoms. The highest BCUT2D eigenvalue weighted by atomic mass is 15.3. The Morgan fingerprint density at radius 2 is 2.33 bits per heavy atom. The molecule has 0 aliphatic rings. The molecular formula is C14H18N4. The highest BCUT2D eigenvalue weighted by Gasteiger charge is 2.13. The third-order valence-electron chi connectivity index (χ3n) is 3.05. The predicted molar refractivity (Wildman–Crippen MR) is 72.7 cm³/mol. The molecule has 2 aromatic rings. The topological polar surface area (TPSA) is 34.0 Å². The van der Waals surface area contributed by atoms with Gasteiger partial charge in [0.25, 0.3) is 0 Å². The molecule has 4 nitrogen and oxygen atoms in total. The quantitative estimate of drug-likeness (QED) is 0.808. The van der Waals surface area contributed by atoms with Gasteiger partial charge in [-0.3, -0.25) is 9.88 Å². The van der Waals surface area contributed by atoms with Crippen molar-refractivity contribution >= 4 is 6.20 Å². The molecule has 0 radical (unpaired) electrons. The van der Waals surface area contributed by atoms with Gasteiger partial charge in [0.1, 0.15) is 0 Å². The predicted octanol–water partition coefficient (Wildman–Crippen LogP) is 2.57. The van der Waals surface area contributed by atoms with Crippen LogP contribution in [0.25, 0.3) is 6.20 Å². The molecule has 18 heavy (non-hydrogen) atoms. The average molecular weight is 242 g/mol. The Hall–Kier alpha value is -1.94. The summed E-state index contributed by atoms with van der Waals surface area (Å²) >= 11 is 0. The Morgan fingerprint density at radius 3 is 2.94 bits per heavy atom. The molecule has 94 valence electrons. The van der Waals surface area contributed by atoms with E-state index in [1.165, 1.54) is 5.56 Å². The van der Waals surface area contributed by atoms with E-state index >= 15 is 0 Å². The fourth-order valence-corrected chi connectivity index (χ4v) is 1.83. The van der Waals surface area contributed by atoms with Crippen molar-refractivity contribution in [2.75, 3.05) is 7.05 Å². The molecule has 2 rings (SSSR count). The molecule has 0 aliphatic heterocycles. The third-order valence-corrected chi connectivity index (χ3v) is 3.05. The summed E-state index contributed by atoms with van der Waals surface area (Å²) in [5.74, 6) is 0. The first kappa shape index (κ1) is 12.5. The normalized spacial score (nSPS) is 12.6. The highest BCUT2D eigenvalue weighted by Crippen LogP contribution is 2.18. The number of rotatable bonds is 5. The summed E-state index contributed by atoms with van der Waals surface area (Å²) < 4.78 is 1.72. The van der Waals surface area contributed by atoms with Crippen LogP contribution in [0.1, 0.15) is 24.2 Å². The number of hydrogen-bond acceptors (Lipinski definition) is 3. The molecule has 0 bridgehead atoms. The van der Waals surface area contributed by atoms with E-state index < -0.39 is 0 Å². The summed E-state index contributed by atoms with van der Waals surface area (Å²) in [7, 11) is 2.09. The van der Waals surface area contributed by atoms with Gasteiger partial charge in [0.15, 0.2) is 0 Å². The smallest absolute Gasteiger partial charge is 0.0572 e. The van der Waals surface area contributed by atoms with Crippen LogP contribution in [-0.2, 0) is 6.54 Å². The largest absolute Gasteiger partial charge is 0.294 e. The average Bonchev–Trinajstić information content (AvgIpc) is 2.86. The standard InChI is InChI=1S/C14H18N4/c1-4-18-11-13(9-16-18)10-17(3)12(2)14-7-5-6-8-15-14/h4-9,11-12H,1,10H2,2-3H3. The SMILES string of the molecule is C=Cn1cc(CN(C)C(C)c2ccccn2)cn1. The first-order valence-electron chi connectivity index (χ1n) is 5.97. The van der Waals surface area contributed by atoms with Crippen LogP contribution < -0.4 is 0 Å². The second-order valence-electron chi connectivity index (χ2n) is 4.36. The van der Waals surface area contributed by atoms with Gasteiger partial charge in [-0.15, -0.1) is 0 Å². The fraction of sp³-hybridized carbons (Fsp3) is 0.286. The minimum atomic E-state index is 0.276. The van der Waals surface area contributed by atoms with Crippen molar-refractivity contribution in [2.45, 2.75) is 19.5 Å². The van der Waals surface area contributed by atoms with E-state index in [2.05, 4.69) is 35.5 Å². The molecule has 0 fully saturated rings. The maximum absolute atomic E-state index is 4.38. The van der Waals surface area contributed by atoms with E-state index in [0.717, 1.165) is 12.2 Å². The van der Waals surface area contributed by atoms with Crippen molar-refractivity contribution in [3.63, 3.8) is 0 Å². The zero-order valence-corrected chi connectivity index (χ0v) is 10.8. The molecular weight excluding hydrogens is 224 g/mol. The van der Waals surface area contributed by atoms with Gasteiger partial charge >= 0.3 is 0 Å². The first-order valence-corrected chi connectivity index (χ1v) is 5.97. The lowest BCUT2D eigenvalue weighted by Gasteiger charge is -2.23.